The van der Waals surface area contributed by atoms with E-state index in [1.165, 1.54) is 11.3 Å². The van der Waals surface area contributed by atoms with Crippen LogP contribution in [0.15, 0.2) is 53.8 Å². The third-order valence-electron chi connectivity index (χ3n) is 4.31. The van der Waals surface area contributed by atoms with Crippen LogP contribution in [-0.2, 0) is 13.1 Å². The van der Waals surface area contributed by atoms with E-state index in [0.717, 1.165) is 36.9 Å². The van der Waals surface area contributed by atoms with E-state index >= 15 is 0 Å². The normalized spacial score (nSPS) is 11.6. The van der Waals surface area contributed by atoms with E-state index in [1.54, 1.807) is 13.2 Å². The Labute approximate surface area is 160 Å². The van der Waals surface area contributed by atoms with Crippen LogP contribution in [0.4, 0.5) is 0 Å². The van der Waals surface area contributed by atoms with Crippen molar-refractivity contribution in [1.29, 1.82) is 0 Å². The van der Waals surface area contributed by atoms with Gasteiger partial charge in [-0.1, -0.05) is 12.1 Å². The standard InChI is InChI=1S/C20H27N7/c1-16-13-17(2)26(25-16)11-5-9-22-20(21-3)23-15-18-7-4-8-19(14-18)27-12-6-10-24-27/h4,6-8,10,12-14H,5,9,11,15H2,1-3H3,(H2,21,22,23). The number of rotatable bonds is 7. The average molecular weight is 365 g/mol. The molecule has 0 radical (unpaired) electrons. The Kier molecular flexibility index (Phi) is 6.25. The quantitative estimate of drug-likeness (QED) is 0.383. The summed E-state index contributed by atoms with van der Waals surface area (Å²) in [6.07, 6.45) is 4.70. The second-order valence-electron chi connectivity index (χ2n) is 6.48. The zero-order valence-electron chi connectivity index (χ0n) is 16.2. The van der Waals surface area contributed by atoms with E-state index in [1.807, 2.05) is 40.7 Å². The highest BCUT2D eigenvalue weighted by molar-refractivity contribution is 5.79. The van der Waals surface area contributed by atoms with Crippen molar-refractivity contribution in [2.24, 2.45) is 4.99 Å². The monoisotopic (exact) mass is 365 g/mol. The number of aliphatic imine (C=N–C) groups is 1. The molecule has 0 spiro atoms. The molecule has 3 rings (SSSR count). The van der Waals surface area contributed by atoms with Crippen molar-refractivity contribution >= 4 is 5.96 Å². The third-order valence-corrected chi connectivity index (χ3v) is 4.31. The van der Waals surface area contributed by atoms with Gasteiger partial charge in [0, 0.05) is 44.8 Å². The average Bonchev–Trinajstić information content (AvgIpc) is 3.31. The zero-order chi connectivity index (χ0) is 19.1. The maximum Gasteiger partial charge on any atom is 0.191 e. The van der Waals surface area contributed by atoms with Gasteiger partial charge in [-0.3, -0.25) is 9.67 Å². The van der Waals surface area contributed by atoms with Crippen LogP contribution in [0.5, 0.6) is 0 Å². The van der Waals surface area contributed by atoms with Gasteiger partial charge in [-0.2, -0.15) is 10.2 Å². The third kappa shape index (κ3) is 5.20. The van der Waals surface area contributed by atoms with E-state index in [9.17, 15) is 0 Å². The highest BCUT2D eigenvalue weighted by Gasteiger charge is 2.03. The lowest BCUT2D eigenvalue weighted by Gasteiger charge is -2.13. The van der Waals surface area contributed by atoms with E-state index in [4.69, 9.17) is 0 Å². The van der Waals surface area contributed by atoms with Crippen LogP contribution in [0, 0.1) is 13.8 Å². The SMILES string of the molecule is CN=C(NCCCn1nc(C)cc1C)NCc1cccc(-n2cccn2)c1. The predicted molar refractivity (Wildman–Crippen MR) is 108 cm³/mol. The molecule has 0 aliphatic carbocycles. The van der Waals surface area contributed by atoms with E-state index in [2.05, 4.69) is 50.9 Å². The number of hydrogen-bond acceptors (Lipinski definition) is 3. The Morgan fingerprint density at radius 3 is 2.74 bits per heavy atom. The first-order valence-electron chi connectivity index (χ1n) is 9.20. The summed E-state index contributed by atoms with van der Waals surface area (Å²) in [5, 5.41) is 15.5. The van der Waals surface area contributed by atoms with Crippen molar-refractivity contribution in [3.05, 3.63) is 65.7 Å². The summed E-state index contributed by atoms with van der Waals surface area (Å²) in [7, 11) is 1.79. The number of nitrogens with zero attached hydrogens (tertiary/aromatic N) is 5. The molecule has 7 nitrogen and oxygen atoms in total. The minimum absolute atomic E-state index is 0.701. The fourth-order valence-corrected chi connectivity index (χ4v) is 2.97. The molecule has 0 amide bonds. The number of aryl methyl sites for hydroxylation is 3. The van der Waals surface area contributed by atoms with Crippen LogP contribution in [0.1, 0.15) is 23.4 Å². The fraction of sp³-hybridized carbons (Fsp3) is 0.350. The first kappa shape index (κ1) is 18.7. The summed E-state index contributed by atoms with van der Waals surface area (Å²) in [6, 6.07) is 12.3. The molecule has 0 aliphatic heterocycles. The van der Waals surface area contributed by atoms with Crippen LogP contribution in [-0.4, -0.2) is 39.1 Å². The van der Waals surface area contributed by atoms with Crippen LogP contribution in [0.25, 0.3) is 5.69 Å². The van der Waals surface area contributed by atoms with Crippen LogP contribution < -0.4 is 10.6 Å². The highest BCUT2D eigenvalue weighted by atomic mass is 15.3. The molecule has 2 aromatic heterocycles. The smallest absolute Gasteiger partial charge is 0.191 e. The summed E-state index contributed by atoms with van der Waals surface area (Å²) in [4.78, 5) is 4.30. The molecule has 2 N–H and O–H groups in total. The maximum absolute atomic E-state index is 4.49. The lowest BCUT2D eigenvalue weighted by Crippen LogP contribution is -2.37. The molecule has 0 atom stereocenters. The lowest BCUT2D eigenvalue weighted by atomic mass is 10.2. The van der Waals surface area contributed by atoms with Gasteiger partial charge in [-0.25, -0.2) is 4.68 Å². The number of guanidine groups is 1. The number of aromatic nitrogens is 4. The molecule has 0 saturated heterocycles. The Hall–Kier alpha value is -3.09. The van der Waals surface area contributed by atoms with Crippen LogP contribution >= 0.6 is 0 Å². The number of benzene rings is 1. The molecule has 7 heteroatoms. The first-order chi connectivity index (χ1) is 13.2. The number of hydrogen-bond donors (Lipinski definition) is 2. The van der Waals surface area contributed by atoms with Gasteiger partial charge < -0.3 is 10.6 Å². The van der Waals surface area contributed by atoms with Gasteiger partial charge in [0.2, 0.25) is 0 Å². The molecular formula is C20H27N7. The molecule has 3 aromatic rings. The predicted octanol–water partition coefficient (Wildman–Crippen LogP) is 2.44. The Balaban J connectivity index is 1.45. The molecule has 0 aliphatic rings. The summed E-state index contributed by atoms with van der Waals surface area (Å²) in [6.45, 7) is 6.55. The second kappa shape index (κ2) is 9.02. The number of nitrogens with one attached hydrogen (secondary N) is 2. The largest absolute Gasteiger partial charge is 0.356 e. The van der Waals surface area contributed by atoms with E-state index in [-0.39, 0.29) is 0 Å². The molecule has 0 fully saturated rings. The molecular weight excluding hydrogens is 338 g/mol. The minimum atomic E-state index is 0.701. The van der Waals surface area contributed by atoms with Gasteiger partial charge in [0.25, 0.3) is 0 Å². The molecule has 0 unspecified atom stereocenters. The molecule has 2 heterocycles. The topological polar surface area (TPSA) is 72.1 Å². The van der Waals surface area contributed by atoms with Gasteiger partial charge in [0.1, 0.15) is 0 Å². The molecule has 142 valence electrons. The van der Waals surface area contributed by atoms with Crippen LogP contribution in [0.2, 0.25) is 0 Å². The zero-order valence-corrected chi connectivity index (χ0v) is 16.2. The second-order valence-corrected chi connectivity index (χ2v) is 6.48. The van der Waals surface area contributed by atoms with Crippen LogP contribution in [0.3, 0.4) is 0 Å². The maximum atomic E-state index is 4.49. The van der Waals surface area contributed by atoms with Gasteiger partial charge in [0.05, 0.1) is 11.4 Å². The van der Waals surface area contributed by atoms with Gasteiger partial charge >= 0.3 is 0 Å². The van der Waals surface area contributed by atoms with Crippen molar-refractivity contribution in [2.45, 2.75) is 33.4 Å². The van der Waals surface area contributed by atoms with E-state index < -0.39 is 0 Å². The molecule has 0 saturated carbocycles. The summed E-state index contributed by atoms with van der Waals surface area (Å²) < 4.78 is 3.91. The van der Waals surface area contributed by atoms with Gasteiger partial charge in [-0.15, -0.1) is 0 Å². The summed E-state index contributed by atoms with van der Waals surface area (Å²) in [5.41, 5.74) is 4.49. The van der Waals surface area contributed by atoms with Gasteiger partial charge in [0.15, 0.2) is 5.96 Å². The fourth-order valence-electron chi connectivity index (χ4n) is 2.97. The lowest BCUT2D eigenvalue weighted by molar-refractivity contribution is 0.555. The molecule has 1 aromatic carbocycles. The Morgan fingerprint density at radius 2 is 2.04 bits per heavy atom. The van der Waals surface area contributed by atoms with Crippen molar-refractivity contribution < 1.29 is 0 Å². The minimum Gasteiger partial charge on any atom is -0.356 e. The molecule has 0 bridgehead atoms. The van der Waals surface area contributed by atoms with Crippen molar-refractivity contribution in [2.75, 3.05) is 13.6 Å². The molecule has 27 heavy (non-hydrogen) atoms. The van der Waals surface area contributed by atoms with Crippen molar-refractivity contribution in [1.82, 2.24) is 30.2 Å². The Morgan fingerprint density at radius 1 is 1.15 bits per heavy atom. The van der Waals surface area contributed by atoms with Crippen molar-refractivity contribution in [3.8, 4) is 5.69 Å². The van der Waals surface area contributed by atoms with Crippen molar-refractivity contribution in [3.63, 3.8) is 0 Å². The summed E-state index contributed by atoms with van der Waals surface area (Å²) in [5.74, 6) is 0.799. The summed E-state index contributed by atoms with van der Waals surface area (Å²) >= 11 is 0. The van der Waals surface area contributed by atoms with Gasteiger partial charge in [-0.05, 0) is 50.1 Å². The first-order valence-corrected chi connectivity index (χ1v) is 9.20. The Bertz CT molecular complexity index is 878. The van der Waals surface area contributed by atoms with E-state index in [0.29, 0.717) is 6.54 Å². The highest BCUT2D eigenvalue weighted by Crippen LogP contribution is 2.09.